The van der Waals surface area contributed by atoms with Gasteiger partial charge in [0, 0.05) is 37.1 Å². The SMILES string of the molecule is CC(C)Oc1ccc(-c2nc(C(=O)NCc3ccc(C(=O)N(C)C)cc3)cs2)cc1. The molecule has 2 amide bonds. The molecule has 0 aliphatic rings. The van der Waals surface area contributed by atoms with Gasteiger partial charge in [-0.2, -0.15) is 0 Å². The molecule has 0 unspecified atom stereocenters. The van der Waals surface area contributed by atoms with Crippen LogP contribution in [0.1, 0.15) is 40.3 Å². The lowest BCUT2D eigenvalue weighted by Crippen LogP contribution is -2.23. The Morgan fingerprint density at radius 2 is 1.73 bits per heavy atom. The molecule has 0 fully saturated rings. The highest BCUT2D eigenvalue weighted by Crippen LogP contribution is 2.26. The first kappa shape index (κ1) is 21.5. The summed E-state index contributed by atoms with van der Waals surface area (Å²) in [6, 6.07) is 14.9. The van der Waals surface area contributed by atoms with Crippen LogP contribution in [0.3, 0.4) is 0 Å². The number of ether oxygens (including phenoxy) is 1. The lowest BCUT2D eigenvalue weighted by Gasteiger charge is -2.10. The van der Waals surface area contributed by atoms with Crippen molar-refractivity contribution in [2.24, 2.45) is 0 Å². The van der Waals surface area contributed by atoms with Crippen molar-refractivity contribution in [3.8, 4) is 16.3 Å². The summed E-state index contributed by atoms with van der Waals surface area (Å²) in [7, 11) is 3.43. The largest absolute Gasteiger partial charge is 0.491 e. The summed E-state index contributed by atoms with van der Waals surface area (Å²) in [5, 5.41) is 5.40. The van der Waals surface area contributed by atoms with E-state index in [0.29, 0.717) is 17.8 Å². The van der Waals surface area contributed by atoms with Crippen LogP contribution in [0.5, 0.6) is 5.75 Å². The van der Waals surface area contributed by atoms with Crippen LogP contribution in [0.25, 0.3) is 10.6 Å². The zero-order valence-electron chi connectivity index (χ0n) is 17.5. The van der Waals surface area contributed by atoms with Crippen LogP contribution >= 0.6 is 11.3 Å². The molecule has 0 radical (unpaired) electrons. The Bertz CT molecular complexity index is 1010. The number of nitrogens with one attached hydrogen (secondary N) is 1. The van der Waals surface area contributed by atoms with E-state index in [4.69, 9.17) is 4.74 Å². The maximum Gasteiger partial charge on any atom is 0.271 e. The van der Waals surface area contributed by atoms with Crippen LogP contribution < -0.4 is 10.1 Å². The van der Waals surface area contributed by atoms with Crippen molar-refractivity contribution in [3.05, 3.63) is 70.7 Å². The Kier molecular flexibility index (Phi) is 6.84. The van der Waals surface area contributed by atoms with Gasteiger partial charge in [0.05, 0.1) is 6.10 Å². The van der Waals surface area contributed by atoms with Gasteiger partial charge in [0.2, 0.25) is 0 Å². The topological polar surface area (TPSA) is 71.5 Å². The van der Waals surface area contributed by atoms with Crippen LogP contribution in [-0.4, -0.2) is 41.9 Å². The molecule has 0 saturated heterocycles. The van der Waals surface area contributed by atoms with E-state index >= 15 is 0 Å². The molecule has 30 heavy (non-hydrogen) atoms. The maximum absolute atomic E-state index is 12.5. The van der Waals surface area contributed by atoms with Crippen molar-refractivity contribution in [1.82, 2.24) is 15.2 Å². The van der Waals surface area contributed by atoms with Crippen molar-refractivity contribution in [2.45, 2.75) is 26.5 Å². The minimum Gasteiger partial charge on any atom is -0.491 e. The van der Waals surface area contributed by atoms with E-state index in [2.05, 4.69) is 10.3 Å². The number of benzene rings is 2. The van der Waals surface area contributed by atoms with E-state index < -0.39 is 0 Å². The summed E-state index contributed by atoms with van der Waals surface area (Å²) in [5.74, 6) is 0.525. The predicted molar refractivity (Wildman–Crippen MR) is 119 cm³/mol. The summed E-state index contributed by atoms with van der Waals surface area (Å²) in [5.41, 5.74) is 2.85. The van der Waals surface area contributed by atoms with Gasteiger partial charge in [-0.15, -0.1) is 11.3 Å². The second-order valence-corrected chi connectivity index (χ2v) is 8.17. The van der Waals surface area contributed by atoms with Gasteiger partial charge in [0.15, 0.2) is 0 Å². The zero-order chi connectivity index (χ0) is 21.7. The molecule has 3 aromatic rings. The summed E-state index contributed by atoms with van der Waals surface area (Å²) in [4.78, 5) is 30.4. The van der Waals surface area contributed by atoms with E-state index in [1.165, 1.54) is 16.2 Å². The molecule has 6 nitrogen and oxygen atoms in total. The second-order valence-electron chi connectivity index (χ2n) is 7.31. The molecule has 0 saturated carbocycles. The van der Waals surface area contributed by atoms with E-state index in [-0.39, 0.29) is 17.9 Å². The Hall–Kier alpha value is -3.19. The summed E-state index contributed by atoms with van der Waals surface area (Å²) in [6.07, 6.45) is 0.121. The molecular formula is C23H25N3O3S. The van der Waals surface area contributed by atoms with Gasteiger partial charge in [-0.1, -0.05) is 12.1 Å². The minimum atomic E-state index is -0.231. The Balaban J connectivity index is 1.59. The number of nitrogens with zero attached hydrogens (tertiary/aromatic N) is 2. The van der Waals surface area contributed by atoms with E-state index in [9.17, 15) is 9.59 Å². The number of amides is 2. The summed E-state index contributed by atoms with van der Waals surface area (Å²) in [6.45, 7) is 4.33. The zero-order valence-corrected chi connectivity index (χ0v) is 18.3. The molecule has 1 N–H and O–H groups in total. The average molecular weight is 424 g/mol. The molecule has 1 heterocycles. The third kappa shape index (κ3) is 5.45. The Labute approximate surface area is 180 Å². The third-order valence-electron chi connectivity index (χ3n) is 4.27. The van der Waals surface area contributed by atoms with E-state index in [1.54, 1.807) is 31.6 Å². The van der Waals surface area contributed by atoms with Crippen molar-refractivity contribution in [1.29, 1.82) is 0 Å². The molecule has 0 spiro atoms. The number of aromatic nitrogens is 1. The predicted octanol–water partition coefficient (Wildman–Crippen LogP) is 4.23. The van der Waals surface area contributed by atoms with Gasteiger partial charge >= 0.3 is 0 Å². The lowest BCUT2D eigenvalue weighted by atomic mass is 10.1. The lowest BCUT2D eigenvalue weighted by molar-refractivity contribution is 0.0827. The summed E-state index contributed by atoms with van der Waals surface area (Å²) >= 11 is 1.43. The van der Waals surface area contributed by atoms with Crippen LogP contribution in [0.4, 0.5) is 0 Å². The Morgan fingerprint density at radius 3 is 2.33 bits per heavy atom. The second kappa shape index (κ2) is 9.54. The molecule has 0 aliphatic heterocycles. The molecule has 7 heteroatoms. The number of thiazole rings is 1. The van der Waals surface area contributed by atoms with Crippen LogP contribution in [0, 0.1) is 0 Å². The molecular weight excluding hydrogens is 398 g/mol. The minimum absolute atomic E-state index is 0.0515. The first-order chi connectivity index (χ1) is 14.3. The molecule has 0 aliphatic carbocycles. The third-order valence-corrected chi connectivity index (χ3v) is 5.16. The fourth-order valence-corrected chi connectivity index (χ4v) is 3.56. The molecule has 1 aromatic heterocycles. The molecule has 2 aromatic carbocycles. The number of carbonyl (C=O) groups excluding carboxylic acids is 2. The van der Waals surface area contributed by atoms with Gasteiger partial charge < -0.3 is 15.0 Å². The first-order valence-electron chi connectivity index (χ1n) is 9.65. The van der Waals surface area contributed by atoms with Crippen LogP contribution in [0.15, 0.2) is 53.9 Å². The Morgan fingerprint density at radius 1 is 1.07 bits per heavy atom. The van der Waals surface area contributed by atoms with Crippen molar-refractivity contribution < 1.29 is 14.3 Å². The van der Waals surface area contributed by atoms with Gasteiger partial charge in [-0.05, 0) is 55.8 Å². The van der Waals surface area contributed by atoms with Crippen molar-refractivity contribution >= 4 is 23.2 Å². The van der Waals surface area contributed by atoms with Crippen LogP contribution in [-0.2, 0) is 6.54 Å². The fourth-order valence-electron chi connectivity index (χ4n) is 2.76. The molecule has 156 valence electrons. The standard InChI is InChI=1S/C23H25N3O3S/c1-15(2)29-19-11-9-17(10-12-19)22-25-20(14-30-22)21(27)24-13-16-5-7-18(8-6-16)23(28)26(3)4/h5-12,14-15H,13H2,1-4H3,(H,24,27). The highest BCUT2D eigenvalue weighted by atomic mass is 32.1. The van der Waals surface area contributed by atoms with Crippen molar-refractivity contribution in [2.75, 3.05) is 14.1 Å². The quantitative estimate of drug-likeness (QED) is 0.617. The maximum atomic E-state index is 12.5. The smallest absolute Gasteiger partial charge is 0.271 e. The number of rotatable bonds is 7. The molecule has 0 bridgehead atoms. The highest BCUT2D eigenvalue weighted by Gasteiger charge is 2.13. The highest BCUT2D eigenvalue weighted by molar-refractivity contribution is 7.13. The summed E-state index contributed by atoms with van der Waals surface area (Å²) < 4.78 is 5.65. The fraction of sp³-hybridized carbons (Fsp3) is 0.261. The molecule has 3 rings (SSSR count). The number of carbonyl (C=O) groups is 2. The first-order valence-corrected chi connectivity index (χ1v) is 10.5. The monoisotopic (exact) mass is 423 g/mol. The van der Waals surface area contributed by atoms with Gasteiger partial charge in [0.1, 0.15) is 16.5 Å². The van der Waals surface area contributed by atoms with Gasteiger partial charge in [-0.25, -0.2) is 4.98 Å². The van der Waals surface area contributed by atoms with E-state index in [1.807, 2.05) is 50.2 Å². The van der Waals surface area contributed by atoms with Crippen LogP contribution in [0.2, 0.25) is 0 Å². The van der Waals surface area contributed by atoms with Gasteiger partial charge in [0.25, 0.3) is 11.8 Å². The number of hydrogen-bond acceptors (Lipinski definition) is 5. The van der Waals surface area contributed by atoms with Crippen molar-refractivity contribution in [3.63, 3.8) is 0 Å². The normalized spacial score (nSPS) is 10.7. The molecule has 0 atom stereocenters. The average Bonchev–Trinajstić information content (AvgIpc) is 3.22. The van der Waals surface area contributed by atoms with Gasteiger partial charge in [-0.3, -0.25) is 9.59 Å². The number of hydrogen-bond donors (Lipinski definition) is 1. The van der Waals surface area contributed by atoms with E-state index in [0.717, 1.165) is 21.9 Å².